The van der Waals surface area contributed by atoms with Gasteiger partial charge in [0.2, 0.25) is 0 Å². The summed E-state index contributed by atoms with van der Waals surface area (Å²) >= 11 is 0. The molecule has 7 rings (SSSR count). The van der Waals surface area contributed by atoms with Crippen molar-refractivity contribution in [3.05, 3.63) is 94.1 Å². The SMILES string of the molecule is C[C@]12C=CC(=O)C=C1CC[C@@H]1[C@@H]2[C@@H](O)C[C@@]2(C)[C@H]1C[C@H]1O[C@@H](c3ccc(Cc4cc(CO)cc(CO)c4)cc3)O[C@]12C(=O)CO. The number of allylic oxidation sites excluding steroid dienone is 4. The number of benzene rings is 2. The molecule has 0 radical (unpaired) electrons. The number of carbonyl (C=O) groups excluding carboxylic acids is 2. The van der Waals surface area contributed by atoms with Gasteiger partial charge in [0.05, 0.1) is 25.4 Å². The van der Waals surface area contributed by atoms with Gasteiger partial charge in [-0.25, -0.2) is 0 Å². The Morgan fingerprint density at radius 2 is 1.67 bits per heavy atom. The number of aliphatic hydroxyl groups excluding tert-OH is 4. The van der Waals surface area contributed by atoms with Crippen LogP contribution in [0.25, 0.3) is 0 Å². The first-order valence-electron chi connectivity index (χ1n) is 16.1. The number of ether oxygens (including phenoxy) is 2. The van der Waals surface area contributed by atoms with E-state index in [-0.39, 0.29) is 36.8 Å². The van der Waals surface area contributed by atoms with Crippen molar-refractivity contribution in [1.82, 2.24) is 0 Å². The largest absolute Gasteiger partial charge is 0.393 e. The van der Waals surface area contributed by atoms with Crippen molar-refractivity contribution in [1.29, 1.82) is 0 Å². The van der Waals surface area contributed by atoms with Gasteiger partial charge in [0.1, 0.15) is 6.61 Å². The maximum absolute atomic E-state index is 13.8. The van der Waals surface area contributed by atoms with Crippen LogP contribution in [0.3, 0.4) is 0 Å². The fourth-order valence-electron chi connectivity index (χ4n) is 9.99. The summed E-state index contributed by atoms with van der Waals surface area (Å²) in [5.74, 6) is -0.357. The van der Waals surface area contributed by atoms with Gasteiger partial charge in [-0.3, -0.25) is 9.59 Å². The fourth-order valence-corrected chi connectivity index (χ4v) is 9.99. The van der Waals surface area contributed by atoms with Crippen molar-refractivity contribution in [2.45, 2.75) is 83.3 Å². The molecule has 8 nitrogen and oxygen atoms in total. The van der Waals surface area contributed by atoms with Gasteiger partial charge in [0.25, 0.3) is 0 Å². The minimum atomic E-state index is -1.39. The minimum Gasteiger partial charge on any atom is -0.393 e. The highest BCUT2D eigenvalue weighted by Gasteiger charge is 2.75. The maximum atomic E-state index is 13.8. The van der Waals surface area contributed by atoms with Crippen molar-refractivity contribution >= 4 is 11.6 Å². The van der Waals surface area contributed by atoms with Gasteiger partial charge < -0.3 is 29.9 Å². The minimum absolute atomic E-state index is 0.00781. The van der Waals surface area contributed by atoms with Crippen LogP contribution in [0.5, 0.6) is 0 Å². The monoisotopic (exact) mass is 614 g/mol. The Kier molecular flexibility index (Phi) is 7.55. The highest BCUT2D eigenvalue weighted by Crippen LogP contribution is 2.70. The second-order valence-corrected chi connectivity index (χ2v) is 14.2. The summed E-state index contributed by atoms with van der Waals surface area (Å²) in [5.41, 5.74) is 2.80. The number of rotatable bonds is 7. The zero-order valence-electron chi connectivity index (χ0n) is 25.8. The van der Waals surface area contributed by atoms with E-state index in [1.165, 1.54) is 0 Å². The third kappa shape index (κ3) is 4.56. The highest BCUT2D eigenvalue weighted by atomic mass is 16.7. The van der Waals surface area contributed by atoms with Gasteiger partial charge in [0.15, 0.2) is 23.5 Å². The van der Waals surface area contributed by atoms with Crippen molar-refractivity contribution in [3.63, 3.8) is 0 Å². The maximum Gasteiger partial charge on any atom is 0.193 e. The van der Waals surface area contributed by atoms with E-state index in [0.29, 0.717) is 19.3 Å². The van der Waals surface area contributed by atoms with Crippen molar-refractivity contribution < 1.29 is 39.5 Å². The number of hydrogen-bond donors (Lipinski definition) is 4. The Labute approximate surface area is 263 Å². The van der Waals surface area contributed by atoms with Crippen LogP contribution in [0.15, 0.2) is 66.3 Å². The van der Waals surface area contributed by atoms with Gasteiger partial charge in [0, 0.05) is 22.3 Å². The lowest BCUT2D eigenvalue weighted by molar-refractivity contribution is -0.201. The van der Waals surface area contributed by atoms with E-state index < -0.39 is 47.3 Å². The summed E-state index contributed by atoms with van der Waals surface area (Å²) in [7, 11) is 0. The standard InChI is InChI=1S/C37H42O8/c1-35-10-9-27(41)15-26(35)7-8-28-29-16-32-37(31(43)20-40,36(29,2)17-30(42)33(28)35)45-34(44-32)25-5-3-21(4-6-25)11-22-12-23(18-38)14-24(13-22)19-39/h3-6,9-10,12-15,28-30,32-34,38-40,42H,7-8,11,16-20H2,1-2H3/t28-,29-,30-,32+,33+,34+,35-,36-,37+/m0/s1. The van der Waals surface area contributed by atoms with E-state index in [9.17, 15) is 30.0 Å². The molecule has 5 aliphatic rings. The fraction of sp³-hybridized carbons (Fsp3) is 0.514. The lowest BCUT2D eigenvalue weighted by Gasteiger charge is -2.59. The molecule has 8 heteroatoms. The highest BCUT2D eigenvalue weighted by molar-refractivity contribution is 6.01. The Morgan fingerprint density at radius 1 is 0.978 bits per heavy atom. The van der Waals surface area contributed by atoms with Crippen molar-refractivity contribution in [2.75, 3.05) is 6.61 Å². The smallest absolute Gasteiger partial charge is 0.193 e. The Morgan fingerprint density at radius 3 is 2.33 bits per heavy atom. The molecular weight excluding hydrogens is 572 g/mol. The van der Waals surface area contributed by atoms with Gasteiger partial charge in [-0.1, -0.05) is 68.0 Å². The van der Waals surface area contributed by atoms with Crippen LogP contribution in [0.2, 0.25) is 0 Å². The van der Waals surface area contributed by atoms with Gasteiger partial charge in [-0.2, -0.15) is 0 Å². The van der Waals surface area contributed by atoms with Crippen LogP contribution in [-0.2, 0) is 38.7 Å². The van der Waals surface area contributed by atoms with Gasteiger partial charge >= 0.3 is 0 Å². The quantitative estimate of drug-likeness (QED) is 0.370. The molecular formula is C37H42O8. The van der Waals surface area contributed by atoms with E-state index in [1.54, 1.807) is 18.2 Å². The van der Waals surface area contributed by atoms with E-state index in [4.69, 9.17) is 9.47 Å². The summed E-state index contributed by atoms with van der Waals surface area (Å²) in [6.45, 7) is 3.29. The first kappa shape index (κ1) is 30.7. The summed E-state index contributed by atoms with van der Waals surface area (Å²) < 4.78 is 13.3. The average molecular weight is 615 g/mol. The Bertz CT molecular complexity index is 1550. The number of hydrogen-bond acceptors (Lipinski definition) is 8. The van der Waals surface area contributed by atoms with Crippen molar-refractivity contribution in [3.8, 4) is 0 Å². The molecule has 1 saturated heterocycles. The molecule has 9 atom stereocenters. The first-order chi connectivity index (χ1) is 21.6. The lowest BCUT2D eigenvalue weighted by Crippen LogP contribution is -2.63. The molecule has 3 saturated carbocycles. The molecule has 0 bridgehead atoms. The molecule has 0 unspecified atom stereocenters. The van der Waals surface area contributed by atoms with Crippen molar-refractivity contribution in [2.24, 2.45) is 28.6 Å². The van der Waals surface area contributed by atoms with Gasteiger partial charge in [-0.05, 0) is 78.3 Å². The molecule has 4 aliphatic carbocycles. The zero-order valence-corrected chi connectivity index (χ0v) is 25.8. The Hall–Kier alpha value is -2.98. The second kappa shape index (κ2) is 11.1. The molecule has 0 aromatic heterocycles. The number of carbonyl (C=O) groups is 2. The molecule has 1 heterocycles. The van der Waals surface area contributed by atoms with Gasteiger partial charge in [-0.15, -0.1) is 0 Å². The molecule has 4 N–H and O–H groups in total. The molecule has 0 amide bonds. The second-order valence-electron chi connectivity index (χ2n) is 14.2. The summed E-state index contributed by atoms with van der Waals surface area (Å²) in [5, 5.41) is 41.3. The van der Waals surface area contributed by atoms with E-state index >= 15 is 0 Å². The summed E-state index contributed by atoms with van der Waals surface area (Å²) in [4.78, 5) is 26.0. The van der Waals surface area contributed by atoms with Crippen LogP contribution in [0.4, 0.5) is 0 Å². The predicted octanol–water partition coefficient (Wildman–Crippen LogP) is 3.86. The van der Waals surface area contributed by atoms with Crippen LogP contribution >= 0.6 is 0 Å². The third-order valence-electron chi connectivity index (χ3n) is 11.9. The van der Waals surface area contributed by atoms with E-state index in [1.807, 2.05) is 49.4 Å². The number of Topliss-reactive ketones (excluding diaryl/α,β-unsaturated/α-hetero) is 1. The summed E-state index contributed by atoms with van der Waals surface area (Å²) in [6.07, 6.45) is 6.37. The van der Waals surface area contributed by atoms with Crippen LogP contribution < -0.4 is 0 Å². The number of fused-ring (bicyclic) bond motifs is 7. The third-order valence-corrected chi connectivity index (χ3v) is 11.9. The van der Waals surface area contributed by atoms with Crippen LogP contribution in [-0.4, -0.2) is 56.4 Å². The molecule has 2 aromatic carbocycles. The molecule has 0 spiro atoms. The zero-order chi connectivity index (χ0) is 31.7. The molecule has 238 valence electrons. The first-order valence-corrected chi connectivity index (χ1v) is 16.1. The molecule has 4 fully saturated rings. The number of aliphatic hydroxyl groups is 4. The lowest BCUT2D eigenvalue weighted by atomic mass is 9.46. The van der Waals surface area contributed by atoms with Crippen LogP contribution in [0, 0.1) is 28.6 Å². The molecule has 45 heavy (non-hydrogen) atoms. The normalized spacial score (nSPS) is 38.3. The predicted molar refractivity (Wildman–Crippen MR) is 164 cm³/mol. The molecule has 1 aliphatic heterocycles. The summed E-state index contributed by atoms with van der Waals surface area (Å²) in [6, 6.07) is 13.5. The average Bonchev–Trinajstić information content (AvgIpc) is 3.54. The van der Waals surface area contributed by atoms with E-state index in [0.717, 1.165) is 46.2 Å². The molecule has 2 aromatic rings. The van der Waals surface area contributed by atoms with E-state index in [2.05, 4.69) is 6.92 Å². The topological polar surface area (TPSA) is 134 Å². The van der Waals surface area contributed by atoms with Crippen LogP contribution in [0.1, 0.15) is 73.6 Å². The Balaban J connectivity index is 1.15. The number of ketones is 2.